The molecule has 0 aromatic carbocycles. The molecule has 9 nitrogen and oxygen atoms in total. The number of hydrogen-bond acceptors (Lipinski definition) is 8. The highest BCUT2D eigenvalue weighted by molar-refractivity contribution is 6.20. The van der Waals surface area contributed by atoms with E-state index in [0.29, 0.717) is 13.1 Å². The molecule has 7 unspecified atom stereocenters. The number of halogens is 1. The fourth-order valence-electron chi connectivity index (χ4n) is 7.53. The molecule has 10 heteroatoms. The number of ketones is 1. The summed E-state index contributed by atoms with van der Waals surface area (Å²) in [6.07, 6.45) is 4.34. The van der Waals surface area contributed by atoms with Gasteiger partial charge in [0, 0.05) is 51.4 Å². The summed E-state index contributed by atoms with van der Waals surface area (Å²) in [7, 11) is 4.01. The minimum atomic E-state index is -1.21. The predicted octanol–water partition coefficient (Wildman–Crippen LogP) is 1.19. The van der Waals surface area contributed by atoms with Crippen LogP contribution in [0.5, 0.6) is 0 Å². The van der Waals surface area contributed by atoms with Gasteiger partial charge in [-0.25, -0.2) is 4.39 Å². The Hall–Kier alpha value is -1.59. The molecule has 0 bridgehead atoms. The summed E-state index contributed by atoms with van der Waals surface area (Å²) in [6, 6.07) is -0.596. The molecule has 7 atom stereocenters. The topological polar surface area (TPSA) is 86.4 Å². The molecule has 5 aliphatic rings. The van der Waals surface area contributed by atoms with E-state index in [1.165, 1.54) is 0 Å². The number of amides is 1. The lowest BCUT2D eigenvalue weighted by Crippen LogP contribution is -2.73. The maximum atomic E-state index is 15.9. The molecule has 39 heavy (non-hydrogen) atoms. The van der Waals surface area contributed by atoms with Crippen molar-refractivity contribution >= 4 is 11.7 Å². The quantitative estimate of drug-likeness (QED) is 0.415. The number of morpholine rings is 2. The highest BCUT2D eigenvalue weighted by atomic mass is 19.1. The van der Waals surface area contributed by atoms with Gasteiger partial charge in [0.05, 0.1) is 49.1 Å². The number of rotatable bonds is 9. The smallest absolute Gasteiger partial charge is 0.256 e. The van der Waals surface area contributed by atoms with E-state index in [9.17, 15) is 9.59 Å². The lowest BCUT2D eigenvalue weighted by Gasteiger charge is -2.59. The van der Waals surface area contributed by atoms with Crippen molar-refractivity contribution in [3.05, 3.63) is 11.8 Å². The third kappa shape index (κ3) is 6.35. The average Bonchev–Trinajstić information content (AvgIpc) is 2.90. The van der Waals surface area contributed by atoms with Crippen molar-refractivity contribution in [3.63, 3.8) is 0 Å². The van der Waals surface area contributed by atoms with E-state index >= 15 is 4.39 Å². The van der Waals surface area contributed by atoms with E-state index in [1.807, 2.05) is 14.1 Å². The molecule has 2 saturated heterocycles. The van der Waals surface area contributed by atoms with Gasteiger partial charge in [-0.05, 0) is 38.8 Å². The minimum Gasteiger partial charge on any atom is -0.379 e. The minimum absolute atomic E-state index is 0.0118. The van der Waals surface area contributed by atoms with Crippen LogP contribution in [-0.2, 0) is 19.1 Å². The van der Waals surface area contributed by atoms with Crippen molar-refractivity contribution in [1.82, 2.24) is 25.3 Å². The summed E-state index contributed by atoms with van der Waals surface area (Å²) in [4.78, 5) is 33.8. The van der Waals surface area contributed by atoms with E-state index in [2.05, 4.69) is 39.2 Å². The van der Waals surface area contributed by atoms with Crippen molar-refractivity contribution in [2.75, 3.05) is 66.6 Å². The zero-order chi connectivity index (χ0) is 27.7. The second-order valence-corrected chi connectivity index (χ2v) is 13.2. The first-order chi connectivity index (χ1) is 18.6. The van der Waals surface area contributed by atoms with E-state index in [4.69, 9.17) is 9.47 Å². The summed E-state index contributed by atoms with van der Waals surface area (Å²) in [5.74, 6) is -1.16. The third-order valence-corrected chi connectivity index (χ3v) is 9.21. The molecule has 2 N–H and O–H groups in total. The Bertz CT molecular complexity index is 923. The average molecular weight is 550 g/mol. The molecule has 2 aliphatic carbocycles. The molecule has 2 saturated carbocycles. The zero-order valence-electron chi connectivity index (χ0n) is 24.2. The molecule has 0 aromatic heterocycles. The maximum absolute atomic E-state index is 15.9. The second-order valence-electron chi connectivity index (χ2n) is 13.2. The Morgan fingerprint density at radius 1 is 1.21 bits per heavy atom. The standard InChI is InChI=1S/C29H48FN5O4/c1-29(2,18-33(3)4)17-32-28(37)20-16-35-22-7-5-6-8-23(22)39-27-24(21(30)15-19(25(27)35)26(20)36)31-9-10-34-11-13-38-14-12-34/h16,19,21-25,27,31H,5-15,17-18H2,1-4H3,(H,32,37). The number of nitrogens with zero attached hydrogens (tertiary/aromatic N) is 3. The number of hydrogen-bond donors (Lipinski definition) is 2. The van der Waals surface area contributed by atoms with E-state index in [0.717, 1.165) is 65.1 Å². The van der Waals surface area contributed by atoms with E-state index in [-0.39, 0.29) is 47.3 Å². The Balaban J connectivity index is 1.34. The predicted molar refractivity (Wildman–Crippen MR) is 147 cm³/mol. The number of nitrogens with one attached hydrogen (secondary N) is 2. The molecule has 4 fully saturated rings. The van der Waals surface area contributed by atoms with Crippen LogP contribution in [0.15, 0.2) is 11.8 Å². The van der Waals surface area contributed by atoms with Gasteiger partial charge in [-0.15, -0.1) is 0 Å². The first kappa shape index (κ1) is 28.9. The number of carbonyl (C=O) groups is 2. The van der Waals surface area contributed by atoms with Gasteiger partial charge in [0.15, 0.2) is 5.78 Å². The summed E-state index contributed by atoms with van der Waals surface area (Å²) in [5.41, 5.74) is 0.0285. The van der Waals surface area contributed by atoms with Crippen molar-refractivity contribution in [2.24, 2.45) is 11.3 Å². The third-order valence-electron chi connectivity index (χ3n) is 9.21. The van der Waals surface area contributed by atoms with Gasteiger partial charge in [0.25, 0.3) is 5.91 Å². The molecule has 3 heterocycles. The molecule has 0 spiro atoms. The van der Waals surface area contributed by atoms with Crippen LogP contribution in [-0.4, -0.2) is 129 Å². The lowest BCUT2D eigenvalue weighted by molar-refractivity contribution is -0.197. The van der Waals surface area contributed by atoms with Gasteiger partial charge in [-0.2, -0.15) is 0 Å². The molecular weight excluding hydrogens is 501 g/mol. The fourth-order valence-corrected chi connectivity index (χ4v) is 7.53. The van der Waals surface area contributed by atoms with Gasteiger partial charge in [-0.1, -0.05) is 26.7 Å². The van der Waals surface area contributed by atoms with Crippen LogP contribution >= 0.6 is 0 Å². The van der Waals surface area contributed by atoms with Crippen molar-refractivity contribution < 1.29 is 23.5 Å². The summed E-state index contributed by atoms with van der Waals surface area (Å²) < 4.78 is 28.0. The normalized spacial score (nSPS) is 35.3. The molecule has 0 radical (unpaired) electrons. The molecule has 5 rings (SSSR count). The van der Waals surface area contributed by atoms with Crippen LogP contribution in [0, 0.1) is 11.3 Å². The lowest BCUT2D eigenvalue weighted by atomic mass is 9.69. The summed E-state index contributed by atoms with van der Waals surface area (Å²) >= 11 is 0. The molecule has 3 aliphatic heterocycles. The van der Waals surface area contributed by atoms with Gasteiger partial charge in [0.2, 0.25) is 0 Å². The van der Waals surface area contributed by atoms with Gasteiger partial charge in [0.1, 0.15) is 6.17 Å². The number of carbonyl (C=O) groups excluding carboxylic acids is 2. The zero-order valence-corrected chi connectivity index (χ0v) is 24.2. The van der Waals surface area contributed by atoms with Crippen LogP contribution in [0.3, 0.4) is 0 Å². The van der Waals surface area contributed by atoms with Gasteiger partial charge in [-0.3, -0.25) is 14.5 Å². The molecule has 220 valence electrons. The monoisotopic (exact) mass is 549 g/mol. The molecule has 1 amide bonds. The Morgan fingerprint density at radius 2 is 1.95 bits per heavy atom. The van der Waals surface area contributed by atoms with Gasteiger partial charge >= 0.3 is 0 Å². The fraction of sp³-hybridized carbons (Fsp3) is 0.862. The van der Waals surface area contributed by atoms with E-state index < -0.39 is 24.2 Å². The first-order valence-electron chi connectivity index (χ1n) is 14.9. The summed E-state index contributed by atoms with van der Waals surface area (Å²) in [6.45, 7) is 10.2. The number of ether oxygens (including phenoxy) is 2. The Morgan fingerprint density at radius 3 is 2.69 bits per heavy atom. The number of alkyl halides is 1. The van der Waals surface area contributed by atoms with Crippen LogP contribution in [0.1, 0.15) is 46.0 Å². The molecule has 0 aromatic rings. The molecular formula is C29H48FN5O4. The van der Waals surface area contributed by atoms with Crippen LogP contribution in [0.4, 0.5) is 4.39 Å². The highest BCUT2D eigenvalue weighted by Crippen LogP contribution is 2.45. The number of fused-ring (bicyclic) bond motifs is 2. The highest BCUT2D eigenvalue weighted by Gasteiger charge is 2.58. The number of Topliss-reactive ketones (excluding diaryl/α,β-unsaturated/α-hetero) is 1. The van der Waals surface area contributed by atoms with Crippen LogP contribution in [0.2, 0.25) is 0 Å². The van der Waals surface area contributed by atoms with Crippen LogP contribution in [0.25, 0.3) is 0 Å². The Kier molecular flexibility index (Phi) is 8.98. The Labute approximate surface area is 232 Å². The van der Waals surface area contributed by atoms with Crippen molar-refractivity contribution in [3.8, 4) is 0 Å². The SMILES string of the molecule is CN(C)CC(C)(C)CNC(=O)C1=CN2C3CCCCC3OC3C(NCCN4CCOCC4)C(F)CC(C1=O)C32. The summed E-state index contributed by atoms with van der Waals surface area (Å²) in [5, 5.41) is 6.50. The van der Waals surface area contributed by atoms with Crippen molar-refractivity contribution in [2.45, 2.75) is 82.5 Å². The second kappa shape index (κ2) is 12.1. The largest absolute Gasteiger partial charge is 0.379 e. The van der Waals surface area contributed by atoms with Gasteiger partial charge < -0.3 is 29.9 Å². The first-order valence-corrected chi connectivity index (χ1v) is 14.9. The van der Waals surface area contributed by atoms with E-state index in [1.54, 1.807) is 6.20 Å². The van der Waals surface area contributed by atoms with Crippen LogP contribution < -0.4 is 10.6 Å². The maximum Gasteiger partial charge on any atom is 0.256 e. The van der Waals surface area contributed by atoms with Crippen molar-refractivity contribution in [1.29, 1.82) is 0 Å².